The Bertz CT molecular complexity index is 419. The Kier molecular flexibility index (Phi) is 6.17. The van der Waals surface area contributed by atoms with Gasteiger partial charge in [-0.2, -0.15) is 0 Å². The Labute approximate surface area is 122 Å². The van der Waals surface area contributed by atoms with E-state index in [4.69, 9.17) is 5.73 Å². The first kappa shape index (κ1) is 16.7. The van der Waals surface area contributed by atoms with Crippen molar-refractivity contribution in [3.8, 4) is 0 Å². The summed E-state index contributed by atoms with van der Waals surface area (Å²) in [5.41, 5.74) is 5.79. The number of carbonyl (C=O) groups excluding carboxylic acids is 1. The summed E-state index contributed by atoms with van der Waals surface area (Å²) in [5, 5.41) is 3.15. The summed E-state index contributed by atoms with van der Waals surface area (Å²) < 4.78 is 0. The second-order valence-corrected chi connectivity index (χ2v) is 5.61. The van der Waals surface area contributed by atoms with Gasteiger partial charge in [-0.15, -0.1) is 0 Å². The molecule has 1 atom stereocenters. The molecule has 0 radical (unpaired) electrons. The predicted molar refractivity (Wildman–Crippen MR) is 83.3 cm³/mol. The minimum Gasteiger partial charge on any atom is -0.368 e. The highest BCUT2D eigenvalue weighted by Gasteiger charge is 2.38. The first-order chi connectivity index (χ1) is 9.46. The van der Waals surface area contributed by atoms with Crippen LogP contribution in [-0.4, -0.2) is 37.5 Å². The molecule has 0 aliphatic heterocycles. The molecule has 0 fully saturated rings. The van der Waals surface area contributed by atoms with Crippen LogP contribution in [0.15, 0.2) is 30.3 Å². The van der Waals surface area contributed by atoms with Gasteiger partial charge in [0.05, 0.1) is 0 Å². The smallest absolute Gasteiger partial charge is 0.243 e. The van der Waals surface area contributed by atoms with Crippen LogP contribution in [-0.2, 0) is 10.3 Å². The summed E-state index contributed by atoms with van der Waals surface area (Å²) in [4.78, 5) is 14.4. The molecule has 0 aromatic heterocycles. The lowest BCUT2D eigenvalue weighted by atomic mass is 9.88. The topological polar surface area (TPSA) is 58.4 Å². The summed E-state index contributed by atoms with van der Waals surface area (Å²) >= 11 is 0. The van der Waals surface area contributed by atoms with E-state index in [0.29, 0.717) is 12.5 Å². The van der Waals surface area contributed by atoms with Crippen molar-refractivity contribution in [1.82, 2.24) is 10.2 Å². The van der Waals surface area contributed by atoms with E-state index in [1.54, 1.807) is 7.05 Å². The van der Waals surface area contributed by atoms with E-state index in [2.05, 4.69) is 31.0 Å². The number of rotatable bonds is 8. The van der Waals surface area contributed by atoms with Crippen LogP contribution in [0.2, 0.25) is 0 Å². The fourth-order valence-electron chi connectivity index (χ4n) is 2.54. The van der Waals surface area contributed by atoms with Crippen molar-refractivity contribution >= 4 is 5.91 Å². The van der Waals surface area contributed by atoms with E-state index in [9.17, 15) is 4.79 Å². The van der Waals surface area contributed by atoms with Crippen LogP contribution in [0.5, 0.6) is 0 Å². The largest absolute Gasteiger partial charge is 0.368 e. The summed E-state index contributed by atoms with van der Waals surface area (Å²) in [6, 6.07) is 9.71. The molecule has 1 aromatic carbocycles. The maximum Gasteiger partial charge on any atom is 0.243 e. The Balaban J connectivity index is 3.09. The second-order valence-electron chi connectivity index (χ2n) is 5.61. The van der Waals surface area contributed by atoms with E-state index in [1.165, 1.54) is 0 Å². The number of hydrogen-bond acceptors (Lipinski definition) is 3. The first-order valence-corrected chi connectivity index (χ1v) is 7.23. The van der Waals surface area contributed by atoms with Gasteiger partial charge >= 0.3 is 0 Å². The number of nitrogens with one attached hydrogen (secondary N) is 1. The van der Waals surface area contributed by atoms with Gasteiger partial charge in [0.15, 0.2) is 0 Å². The molecule has 1 aromatic rings. The Morgan fingerprint density at radius 2 is 1.95 bits per heavy atom. The second kappa shape index (κ2) is 7.41. The SMILES string of the molecule is CCN(CC(C)C)CC(NC)(C(N)=O)c1ccccc1. The number of hydrogen-bond donors (Lipinski definition) is 2. The minimum absolute atomic E-state index is 0.339. The Morgan fingerprint density at radius 3 is 2.35 bits per heavy atom. The monoisotopic (exact) mass is 277 g/mol. The van der Waals surface area contributed by atoms with Gasteiger partial charge in [-0.3, -0.25) is 4.79 Å². The number of carbonyl (C=O) groups is 1. The van der Waals surface area contributed by atoms with Crippen LogP contribution in [0.1, 0.15) is 26.3 Å². The lowest BCUT2D eigenvalue weighted by molar-refractivity contribution is -0.125. The average Bonchev–Trinajstić information content (AvgIpc) is 2.43. The maximum absolute atomic E-state index is 12.1. The zero-order valence-electron chi connectivity index (χ0n) is 13.0. The van der Waals surface area contributed by atoms with Crippen molar-refractivity contribution in [3.05, 3.63) is 35.9 Å². The minimum atomic E-state index is -0.841. The van der Waals surface area contributed by atoms with Crippen molar-refractivity contribution in [2.24, 2.45) is 11.7 Å². The molecule has 0 spiro atoms. The lowest BCUT2D eigenvalue weighted by Gasteiger charge is -2.36. The van der Waals surface area contributed by atoms with Crippen LogP contribution >= 0.6 is 0 Å². The van der Waals surface area contributed by atoms with E-state index in [-0.39, 0.29) is 5.91 Å². The van der Waals surface area contributed by atoms with Gasteiger partial charge in [0.1, 0.15) is 5.54 Å². The maximum atomic E-state index is 12.1. The number of nitrogens with zero attached hydrogens (tertiary/aromatic N) is 1. The van der Waals surface area contributed by atoms with Crippen molar-refractivity contribution in [2.75, 3.05) is 26.7 Å². The predicted octanol–water partition coefficient (Wildman–Crippen LogP) is 1.56. The average molecular weight is 277 g/mol. The molecule has 4 nitrogen and oxygen atoms in total. The molecule has 1 amide bonds. The molecule has 0 bridgehead atoms. The highest BCUT2D eigenvalue weighted by molar-refractivity contribution is 5.86. The molecule has 1 unspecified atom stereocenters. The molecule has 112 valence electrons. The Hall–Kier alpha value is -1.39. The third kappa shape index (κ3) is 3.81. The molecule has 0 saturated heterocycles. The zero-order chi connectivity index (χ0) is 15.2. The van der Waals surface area contributed by atoms with Gasteiger partial charge in [-0.1, -0.05) is 51.1 Å². The van der Waals surface area contributed by atoms with Gasteiger partial charge < -0.3 is 16.0 Å². The molecule has 0 aliphatic rings. The van der Waals surface area contributed by atoms with Crippen molar-refractivity contribution in [3.63, 3.8) is 0 Å². The van der Waals surface area contributed by atoms with Gasteiger partial charge in [-0.25, -0.2) is 0 Å². The van der Waals surface area contributed by atoms with Crippen LogP contribution in [0.4, 0.5) is 0 Å². The standard InChI is InChI=1S/C16H27N3O/c1-5-19(11-13(2)3)12-16(18-4,15(17)20)14-9-7-6-8-10-14/h6-10,13,18H,5,11-12H2,1-4H3,(H2,17,20). The summed E-state index contributed by atoms with van der Waals surface area (Å²) in [5.74, 6) is 0.210. The van der Waals surface area contributed by atoms with E-state index in [0.717, 1.165) is 18.7 Å². The lowest BCUT2D eigenvalue weighted by Crippen LogP contribution is -2.58. The number of benzene rings is 1. The molecule has 0 saturated carbocycles. The zero-order valence-corrected chi connectivity index (χ0v) is 13.0. The van der Waals surface area contributed by atoms with Crippen LogP contribution in [0.25, 0.3) is 0 Å². The molecule has 0 heterocycles. The van der Waals surface area contributed by atoms with Gasteiger partial charge in [0.25, 0.3) is 0 Å². The number of likely N-dealkylation sites (N-methyl/N-ethyl adjacent to an activating group) is 2. The highest BCUT2D eigenvalue weighted by atomic mass is 16.1. The van der Waals surface area contributed by atoms with Crippen molar-refractivity contribution in [1.29, 1.82) is 0 Å². The normalized spacial score (nSPS) is 14.5. The van der Waals surface area contributed by atoms with Crippen LogP contribution in [0, 0.1) is 5.92 Å². The molecule has 1 rings (SSSR count). The molecule has 20 heavy (non-hydrogen) atoms. The number of nitrogens with two attached hydrogens (primary N) is 1. The van der Waals surface area contributed by atoms with Gasteiger partial charge in [0, 0.05) is 13.1 Å². The van der Waals surface area contributed by atoms with Crippen molar-refractivity contribution in [2.45, 2.75) is 26.3 Å². The third-order valence-corrected chi connectivity index (χ3v) is 3.65. The van der Waals surface area contributed by atoms with E-state index >= 15 is 0 Å². The van der Waals surface area contributed by atoms with Gasteiger partial charge in [0.2, 0.25) is 5.91 Å². The Morgan fingerprint density at radius 1 is 1.35 bits per heavy atom. The quantitative estimate of drug-likeness (QED) is 0.758. The highest BCUT2D eigenvalue weighted by Crippen LogP contribution is 2.22. The fourth-order valence-corrected chi connectivity index (χ4v) is 2.54. The molecule has 3 N–H and O–H groups in total. The summed E-state index contributed by atoms with van der Waals surface area (Å²) in [6.45, 7) is 8.88. The summed E-state index contributed by atoms with van der Waals surface area (Å²) in [7, 11) is 1.79. The van der Waals surface area contributed by atoms with Gasteiger partial charge in [-0.05, 0) is 25.1 Å². The van der Waals surface area contributed by atoms with Crippen molar-refractivity contribution < 1.29 is 4.79 Å². The fraction of sp³-hybridized carbons (Fsp3) is 0.562. The van der Waals surface area contributed by atoms with E-state index < -0.39 is 5.54 Å². The molecule has 0 aliphatic carbocycles. The number of amides is 1. The van der Waals surface area contributed by atoms with Crippen LogP contribution < -0.4 is 11.1 Å². The summed E-state index contributed by atoms with van der Waals surface area (Å²) in [6.07, 6.45) is 0. The number of primary amides is 1. The molecular weight excluding hydrogens is 250 g/mol. The van der Waals surface area contributed by atoms with E-state index in [1.807, 2.05) is 30.3 Å². The first-order valence-electron chi connectivity index (χ1n) is 7.23. The third-order valence-electron chi connectivity index (χ3n) is 3.65. The molecule has 4 heteroatoms. The molecular formula is C16H27N3O. The van der Waals surface area contributed by atoms with Crippen LogP contribution in [0.3, 0.4) is 0 Å².